The number of hydrogen-bond donors (Lipinski definition) is 1. The maximum atomic E-state index is 9.08. The summed E-state index contributed by atoms with van der Waals surface area (Å²) in [6.45, 7) is 4.38. The molecule has 0 unspecified atom stereocenters. The Balaban J connectivity index is 3.14. The van der Waals surface area contributed by atoms with Gasteiger partial charge in [-0.1, -0.05) is 6.08 Å². The van der Waals surface area contributed by atoms with E-state index in [1.807, 2.05) is 24.1 Å². The fourth-order valence-corrected chi connectivity index (χ4v) is 1.62. The van der Waals surface area contributed by atoms with Gasteiger partial charge in [-0.25, -0.2) is 4.99 Å². The Morgan fingerprint density at radius 2 is 1.82 bits per heavy atom. The summed E-state index contributed by atoms with van der Waals surface area (Å²) < 4.78 is 0. The first-order chi connectivity index (χ1) is 10.6. The number of anilines is 1. The molecular formula is C16H14N6. The first-order valence-corrected chi connectivity index (χ1v) is 6.28. The minimum absolute atomic E-state index is 0.162. The van der Waals surface area contributed by atoms with Crippen LogP contribution in [0.25, 0.3) is 0 Å². The number of nitriles is 3. The topological polar surface area (TPSA) is 113 Å². The second-order valence-electron chi connectivity index (χ2n) is 4.27. The molecule has 6 heteroatoms. The fourth-order valence-electron chi connectivity index (χ4n) is 1.62. The molecule has 22 heavy (non-hydrogen) atoms. The average Bonchev–Trinajstić information content (AvgIpc) is 2.54. The van der Waals surface area contributed by atoms with E-state index in [0.717, 1.165) is 5.69 Å². The van der Waals surface area contributed by atoms with E-state index in [9.17, 15) is 0 Å². The molecule has 0 saturated heterocycles. The lowest BCUT2D eigenvalue weighted by molar-refractivity contribution is 1.03. The highest BCUT2D eigenvalue weighted by molar-refractivity contribution is 6.13. The Hall–Kier alpha value is -3.56. The van der Waals surface area contributed by atoms with Gasteiger partial charge in [-0.15, -0.1) is 6.58 Å². The number of nitrogens with zero attached hydrogens (tertiary/aromatic N) is 5. The molecule has 108 valence electrons. The zero-order valence-corrected chi connectivity index (χ0v) is 12.1. The zero-order valence-electron chi connectivity index (χ0n) is 12.1. The van der Waals surface area contributed by atoms with Crippen molar-refractivity contribution in [3.8, 4) is 18.2 Å². The van der Waals surface area contributed by atoms with Crippen molar-refractivity contribution >= 4 is 17.1 Å². The predicted octanol–water partition coefficient (Wildman–Crippen LogP) is 2.16. The number of hydrogen-bond acceptors (Lipinski definition) is 6. The summed E-state index contributed by atoms with van der Waals surface area (Å²) in [5.74, 6) is 0. The van der Waals surface area contributed by atoms with Crippen LogP contribution in [0.3, 0.4) is 0 Å². The van der Waals surface area contributed by atoms with Crippen LogP contribution in [-0.4, -0.2) is 19.3 Å². The second-order valence-corrected chi connectivity index (χ2v) is 4.27. The van der Waals surface area contributed by atoms with Crippen molar-refractivity contribution in [1.29, 1.82) is 15.8 Å². The van der Waals surface area contributed by atoms with E-state index in [-0.39, 0.29) is 17.0 Å². The number of likely N-dealkylation sites (N-methyl/N-ethyl adjacent to an activating group) is 1. The third-order valence-electron chi connectivity index (χ3n) is 2.79. The van der Waals surface area contributed by atoms with Crippen molar-refractivity contribution in [1.82, 2.24) is 0 Å². The highest BCUT2D eigenvalue weighted by Gasteiger charge is 2.09. The van der Waals surface area contributed by atoms with E-state index in [1.54, 1.807) is 36.4 Å². The molecule has 0 heterocycles. The lowest BCUT2D eigenvalue weighted by Gasteiger charge is -2.16. The Kier molecular flexibility index (Phi) is 5.92. The molecule has 0 fully saturated rings. The fraction of sp³-hybridized carbons (Fsp3) is 0.125. The maximum Gasteiger partial charge on any atom is 0.166 e. The van der Waals surface area contributed by atoms with Gasteiger partial charge in [0.05, 0.1) is 11.4 Å². The lowest BCUT2D eigenvalue weighted by Crippen LogP contribution is -2.16. The van der Waals surface area contributed by atoms with E-state index >= 15 is 0 Å². The summed E-state index contributed by atoms with van der Waals surface area (Å²) in [6, 6.07) is 12.2. The molecule has 0 atom stereocenters. The quantitative estimate of drug-likeness (QED) is 0.507. The van der Waals surface area contributed by atoms with Crippen LogP contribution in [0, 0.1) is 34.0 Å². The van der Waals surface area contributed by atoms with Crippen molar-refractivity contribution in [2.24, 2.45) is 10.7 Å². The van der Waals surface area contributed by atoms with Crippen LogP contribution in [-0.2, 0) is 0 Å². The maximum absolute atomic E-state index is 9.08. The third-order valence-corrected chi connectivity index (χ3v) is 2.79. The van der Waals surface area contributed by atoms with E-state index < -0.39 is 0 Å². The van der Waals surface area contributed by atoms with Gasteiger partial charge in [0.1, 0.15) is 18.2 Å². The second kappa shape index (κ2) is 7.89. The van der Waals surface area contributed by atoms with Crippen molar-refractivity contribution in [3.63, 3.8) is 0 Å². The smallest absolute Gasteiger partial charge is 0.166 e. The number of nitrogens with two attached hydrogens (primary N) is 1. The SMILES string of the molecule is C=CCN(C)c1ccc(N=C(C#N)C(N)=C(C#N)C#N)cc1. The zero-order chi connectivity index (χ0) is 16.5. The monoisotopic (exact) mass is 290 g/mol. The summed E-state index contributed by atoms with van der Waals surface area (Å²) in [6.07, 6.45) is 1.79. The van der Waals surface area contributed by atoms with Crippen LogP contribution in [0.1, 0.15) is 0 Å². The molecule has 2 N–H and O–H groups in total. The van der Waals surface area contributed by atoms with Gasteiger partial charge in [-0.05, 0) is 24.3 Å². The van der Waals surface area contributed by atoms with E-state index in [2.05, 4.69) is 11.6 Å². The molecule has 6 nitrogen and oxygen atoms in total. The minimum Gasteiger partial charge on any atom is -0.395 e. The Morgan fingerprint density at radius 1 is 1.23 bits per heavy atom. The molecule has 0 radical (unpaired) electrons. The van der Waals surface area contributed by atoms with Gasteiger partial charge in [0.15, 0.2) is 11.3 Å². The van der Waals surface area contributed by atoms with Crippen LogP contribution in [0.5, 0.6) is 0 Å². The minimum atomic E-state index is -0.331. The van der Waals surface area contributed by atoms with Crippen molar-refractivity contribution in [2.75, 3.05) is 18.5 Å². The molecule has 0 amide bonds. The lowest BCUT2D eigenvalue weighted by atomic mass is 10.2. The van der Waals surface area contributed by atoms with Crippen LogP contribution >= 0.6 is 0 Å². The summed E-state index contributed by atoms with van der Waals surface area (Å²) in [7, 11) is 1.92. The van der Waals surface area contributed by atoms with E-state index in [1.165, 1.54) is 0 Å². The van der Waals surface area contributed by atoms with Gasteiger partial charge in [-0.2, -0.15) is 15.8 Å². The van der Waals surface area contributed by atoms with Gasteiger partial charge >= 0.3 is 0 Å². The van der Waals surface area contributed by atoms with E-state index in [4.69, 9.17) is 21.5 Å². The molecule has 0 aliphatic heterocycles. The molecule has 0 spiro atoms. The van der Waals surface area contributed by atoms with Crippen LogP contribution in [0.15, 0.2) is 53.2 Å². The average molecular weight is 290 g/mol. The first kappa shape index (κ1) is 16.5. The number of rotatable bonds is 5. The number of benzene rings is 1. The molecule has 1 aromatic rings. The molecule has 0 bridgehead atoms. The van der Waals surface area contributed by atoms with E-state index in [0.29, 0.717) is 12.2 Å². The van der Waals surface area contributed by atoms with Gasteiger partial charge in [0.25, 0.3) is 0 Å². The van der Waals surface area contributed by atoms with Crippen molar-refractivity contribution in [2.45, 2.75) is 0 Å². The van der Waals surface area contributed by atoms with Gasteiger partial charge in [-0.3, -0.25) is 0 Å². The normalized spacial score (nSPS) is 9.82. The van der Waals surface area contributed by atoms with Crippen LogP contribution < -0.4 is 10.6 Å². The largest absolute Gasteiger partial charge is 0.395 e. The highest BCUT2D eigenvalue weighted by Crippen LogP contribution is 2.19. The molecule has 0 saturated carbocycles. The molecular weight excluding hydrogens is 276 g/mol. The summed E-state index contributed by atoms with van der Waals surface area (Å²) >= 11 is 0. The van der Waals surface area contributed by atoms with Crippen LogP contribution in [0.2, 0.25) is 0 Å². The van der Waals surface area contributed by atoms with Gasteiger partial charge in [0.2, 0.25) is 0 Å². The van der Waals surface area contributed by atoms with Crippen molar-refractivity contribution in [3.05, 3.63) is 48.2 Å². The number of aliphatic imine (C=N–C) groups is 1. The van der Waals surface area contributed by atoms with Crippen molar-refractivity contribution < 1.29 is 0 Å². The van der Waals surface area contributed by atoms with Crippen LogP contribution in [0.4, 0.5) is 11.4 Å². The number of allylic oxidation sites excluding steroid dienone is 2. The Bertz CT molecular complexity index is 719. The predicted molar refractivity (Wildman–Crippen MR) is 85.1 cm³/mol. The molecule has 1 aromatic carbocycles. The molecule has 0 aliphatic carbocycles. The summed E-state index contributed by atoms with van der Waals surface area (Å²) in [5, 5.41) is 26.6. The van der Waals surface area contributed by atoms with Gasteiger partial charge < -0.3 is 10.6 Å². The molecule has 1 rings (SSSR count). The summed E-state index contributed by atoms with van der Waals surface area (Å²) in [5.41, 5.74) is 6.38. The third kappa shape index (κ3) is 3.96. The Morgan fingerprint density at radius 3 is 2.27 bits per heavy atom. The molecule has 0 aromatic heterocycles. The van der Waals surface area contributed by atoms with Gasteiger partial charge in [0, 0.05) is 19.3 Å². The Labute approximate surface area is 129 Å². The standard InChI is InChI=1S/C16H14N6/c1-3-8-22(2)14-6-4-13(5-7-14)21-15(11-19)16(20)12(9-17)10-18/h3-7H,1,8,20H2,2H3. The summed E-state index contributed by atoms with van der Waals surface area (Å²) in [4.78, 5) is 6.06. The first-order valence-electron chi connectivity index (χ1n) is 6.28. The molecule has 0 aliphatic rings. The highest BCUT2D eigenvalue weighted by atomic mass is 15.1.